The Kier molecular flexibility index (Phi) is 6.25. The quantitative estimate of drug-likeness (QED) is 0.609. The van der Waals surface area contributed by atoms with Gasteiger partial charge in [0.15, 0.2) is 0 Å². The lowest BCUT2D eigenvalue weighted by molar-refractivity contribution is -0.119. The number of aliphatic hydroxyl groups is 1. The van der Waals surface area contributed by atoms with Crippen LogP contribution in [0.4, 0.5) is 23.7 Å². The molecule has 0 spiro atoms. The minimum absolute atomic E-state index is 0.000316. The smallest absolute Gasteiger partial charge is 0.414 e. The Morgan fingerprint density at radius 2 is 1.94 bits per heavy atom. The second-order valence-corrected chi connectivity index (χ2v) is 7.55. The van der Waals surface area contributed by atoms with Crippen LogP contribution in [0.5, 0.6) is 0 Å². The number of hydroxylamine groups is 1. The molecule has 0 aliphatic carbocycles. The molecule has 1 fully saturated rings. The molecule has 2 aliphatic heterocycles. The van der Waals surface area contributed by atoms with Crippen LogP contribution in [0.3, 0.4) is 0 Å². The SMILES string of the molecule is CC(=O)NC[C@H]1CN(c2cc(F)c(-c3ccc(C4=CC(CO)ON4)c(F)c3)c(F)c2)C(=O)O1. The number of anilines is 1. The minimum atomic E-state index is -0.989. The highest BCUT2D eigenvalue weighted by atomic mass is 19.1. The molecule has 8 nitrogen and oxygen atoms in total. The molecule has 174 valence electrons. The summed E-state index contributed by atoms with van der Waals surface area (Å²) in [5.41, 5.74) is 2.34. The van der Waals surface area contributed by atoms with Crippen LogP contribution in [0.1, 0.15) is 12.5 Å². The van der Waals surface area contributed by atoms with Crippen molar-refractivity contribution in [3.63, 3.8) is 0 Å². The third-order valence-electron chi connectivity index (χ3n) is 5.19. The summed E-state index contributed by atoms with van der Waals surface area (Å²) < 4.78 is 49.6. The molecule has 2 atom stereocenters. The number of hydrogen-bond acceptors (Lipinski definition) is 6. The molecule has 0 aromatic heterocycles. The Labute approximate surface area is 186 Å². The number of benzene rings is 2. The van der Waals surface area contributed by atoms with E-state index in [1.807, 2.05) is 0 Å². The van der Waals surface area contributed by atoms with Gasteiger partial charge >= 0.3 is 6.09 Å². The molecule has 0 saturated carbocycles. The number of rotatable bonds is 6. The van der Waals surface area contributed by atoms with E-state index in [2.05, 4.69) is 10.8 Å². The molecule has 3 N–H and O–H groups in total. The van der Waals surface area contributed by atoms with Crippen LogP contribution in [0.2, 0.25) is 0 Å². The van der Waals surface area contributed by atoms with Crippen molar-refractivity contribution < 1.29 is 37.4 Å². The maximum absolute atomic E-state index is 14.9. The molecule has 2 aliphatic rings. The Balaban J connectivity index is 1.57. The lowest BCUT2D eigenvalue weighted by Gasteiger charge is -2.16. The number of hydrogen-bond donors (Lipinski definition) is 3. The third-order valence-corrected chi connectivity index (χ3v) is 5.19. The summed E-state index contributed by atoms with van der Waals surface area (Å²) in [7, 11) is 0. The van der Waals surface area contributed by atoms with Crippen molar-refractivity contribution >= 4 is 23.4 Å². The highest BCUT2D eigenvalue weighted by molar-refractivity contribution is 5.90. The van der Waals surface area contributed by atoms with Crippen molar-refractivity contribution in [1.29, 1.82) is 0 Å². The van der Waals surface area contributed by atoms with E-state index in [1.54, 1.807) is 0 Å². The molecule has 4 rings (SSSR count). The first-order valence-electron chi connectivity index (χ1n) is 10.0. The second-order valence-electron chi connectivity index (χ2n) is 7.55. The summed E-state index contributed by atoms with van der Waals surface area (Å²) >= 11 is 0. The number of amides is 2. The number of nitrogens with zero attached hydrogens (tertiary/aromatic N) is 1. The molecular weight excluding hydrogens is 443 g/mol. The van der Waals surface area contributed by atoms with E-state index >= 15 is 0 Å². The van der Waals surface area contributed by atoms with E-state index in [4.69, 9.17) is 14.7 Å². The van der Waals surface area contributed by atoms with Gasteiger partial charge in [-0.3, -0.25) is 20.0 Å². The van der Waals surface area contributed by atoms with E-state index < -0.39 is 41.3 Å². The maximum Gasteiger partial charge on any atom is 0.414 e. The van der Waals surface area contributed by atoms with Crippen molar-refractivity contribution in [2.75, 3.05) is 24.6 Å². The molecule has 2 heterocycles. The van der Waals surface area contributed by atoms with Gasteiger partial charge in [-0.1, -0.05) is 6.07 Å². The molecule has 33 heavy (non-hydrogen) atoms. The van der Waals surface area contributed by atoms with Gasteiger partial charge in [0.25, 0.3) is 0 Å². The van der Waals surface area contributed by atoms with Crippen LogP contribution in [0, 0.1) is 17.5 Å². The average molecular weight is 463 g/mol. The second kappa shape index (κ2) is 9.12. The summed E-state index contributed by atoms with van der Waals surface area (Å²) in [5, 5.41) is 11.6. The number of carbonyl (C=O) groups is 2. The van der Waals surface area contributed by atoms with E-state index in [9.17, 15) is 22.8 Å². The molecule has 1 saturated heterocycles. The Morgan fingerprint density at radius 1 is 1.21 bits per heavy atom. The van der Waals surface area contributed by atoms with Gasteiger partial charge in [0, 0.05) is 12.5 Å². The van der Waals surface area contributed by atoms with E-state index in [-0.39, 0.29) is 48.1 Å². The molecule has 2 amide bonds. The summed E-state index contributed by atoms with van der Waals surface area (Å²) in [6.07, 6.45) is -0.603. The zero-order chi connectivity index (χ0) is 23.7. The van der Waals surface area contributed by atoms with Crippen LogP contribution in [0.15, 0.2) is 36.4 Å². The summed E-state index contributed by atoms with van der Waals surface area (Å²) in [6.45, 7) is 1.09. The summed E-state index contributed by atoms with van der Waals surface area (Å²) in [5.74, 6) is -3.03. The molecule has 1 unspecified atom stereocenters. The fourth-order valence-electron chi connectivity index (χ4n) is 3.60. The van der Waals surface area contributed by atoms with Gasteiger partial charge in [-0.25, -0.2) is 18.0 Å². The topological polar surface area (TPSA) is 100 Å². The maximum atomic E-state index is 14.9. The van der Waals surface area contributed by atoms with Gasteiger partial charge in [0.1, 0.15) is 29.7 Å². The Hall–Kier alpha value is -3.57. The fraction of sp³-hybridized carbons (Fsp3) is 0.273. The third kappa shape index (κ3) is 4.64. The number of carbonyl (C=O) groups excluding carboxylic acids is 2. The van der Waals surface area contributed by atoms with Gasteiger partial charge in [-0.15, -0.1) is 0 Å². The Morgan fingerprint density at radius 3 is 2.55 bits per heavy atom. The summed E-state index contributed by atoms with van der Waals surface area (Å²) in [4.78, 5) is 29.2. The van der Waals surface area contributed by atoms with Gasteiger partial charge in [0.2, 0.25) is 5.91 Å². The largest absolute Gasteiger partial charge is 0.442 e. The van der Waals surface area contributed by atoms with Crippen LogP contribution in [0.25, 0.3) is 16.8 Å². The first-order chi connectivity index (χ1) is 15.8. The number of nitrogens with one attached hydrogen (secondary N) is 2. The lowest BCUT2D eigenvalue weighted by Crippen LogP contribution is -2.33. The standard InChI is InChI=1S/C22H20F3N3O5/c1-11(30)26-8-15-9-28(22(31)32-15)13-5-18(24)21(19(25)6-13)12-2-3-16(17(23)4-12)20-7-14(10-29)33-27-20/h2-7,14-15,27,29H,8-10H2,1H3,(H,26,30)/t14?,15-/m0/s1. The highest BCUT2D eigenvalue weighted by Crippen LogP contribution is 2.33. The molecular formula is C22H20F3N3O5. The highest BCUT2D eigenvalue weighted by Gasteiger charge is 2.33. The van der Waals surface area contributed by atoms with Crippen molar-refractivity contribution in [3.8, 4) is 11.1 Å². The predicted molar refractivity (Wildman–Crippen MR) is 111 cm³/mol. The molecule has 2 aromatic carbocycles. The van der Waals surface area contributed by atoms with Gasteiger partial charge in [-0.05, 0) is 35.9 Å². The number of ether oxygens (including phenoxy) is 1. The molecule has 2 aromatic rings. The zero-order valence-electron chi connectivity index (χ0n) is 17.4. The van der Waals surface area contributed by atoms with Gasteiger partial charge in [0.05, 0.1) is 36.6 Å². The van der Waals surface area contributed by atoms with E-state index in [0.29, 0.717) is 0 Å². The van der Waals surface area contributed by atoms with Gasteiger partial charge in [-0.2, -0.15) is 0 Å². The zero-order valence-corrected chi connectivity index (χ0v) is 17.4. The van der Waals surface area contributed by atoms with Crippen LogP contribution < -0.4 is 15.7 Å². The fourth-order valence-corrected chi connectivity index (χ4v) is 3.60. The monoisotopic (exact) mass is 463 g/mol. The summed E-state index contributed by atoms with van der Waals surface area (Å²) in [6, 6.07) is 5.60. The lowest BCUT2D eigenvalue weighted by atomic mass is 10.00. The molecule has 11 heteroatoms. The minimum Gasteiger partial charge on any atom is -0.442 e. The van der Waals surface area contributed by atoms with Crippen molar-refractivity contribution in [1.82, 2.24) is 10.8 Å². The van der Waals surface area contributed by atoms with Crippen molar-refractivity contribution in [2.45, 2.75) is 19.1 Å². The van der Waals surface area contributed by atoms with Crippen molar-refractivity contribution in [2.24, 2.45) is 0 Å². The van der Waals surface area contributed by atoms with Crippen LogP contribution >= 0.6 is 0 Å². The number of halogens is 3. The number of cyclic esters (lactones) is 1. The van der Waals surface area contributed by atoms with Crippen LogP contribution in [-0.2, 0) is 14.4 Å². The normalized spacial score (nSPS) is 19.8. The average Bonchev–Trinajstić information content (AvgIpc) is 3.38. The molecule has 0 bridgehead atoms. The van der Waals surface area contributed by atoms with Gasteiger partial charge < -0.3 is 15.2 Å². The van der Waals surface area contributed by atoms with Crippen molar-refractivity contribution in [3.05, 3.63) is 59.4 Å². The van der Waals surface area contributed by atoms with E-state index in [0.717, 1.165) is 23.1 Å². The predicted octanol–water partition coefficient (Wildman–Crippen LogP) is 2.47. The van der Waals surface area contributed by atoms with E-state index in [1.165, 1.54) is 25.1 Å². The first-order valence-corrected chi connectivity index (χ1v) is 10.0. The molecule has 0 radical (unpaired) electrons. The first kappa shape index (κ1) is 22.6. The Bertz CT molecular complexity index is 1120. The van der Waals surface area contributed by atoms with Crippen LogP contribution in [-0.4, -0.2) is 49.0 Å². The number of aliphatic hydroxyl groups excluding tert-OH is 1.